The van der Waals surface area contributed by atoms with Gasteiger partial charge in [0.2, 0.25) is 0 Å². The number of aromatic nitrogens is 4. The van der Waals surface area contributed by atoms with Gasteiger partial charge in [0.15, 0.2) is 5.82 Å². The Labute approximate surface area is 128 Å². The topological polar surface area (TPSA) is 55.6 Å². The molecule has 2 heterocycles. The van der Waals surface area contributed by atoms with Gasteiger partial charge in [0, 0.05) is 25.2 Å². The third kappa shape index (κ3) is 2.85. The Balaban J connectivity index is 2.65. The first-order valence-corrected chi connectivity index (χ1v) is 7.44. The van der Waals surface area contributed by atoms with Gasteiger partial charge in [-0.3, -0.25) is 4.68 Å². The van der Waals surface area contributed by atoms with Gasteiger partial charge in [0.1, 0.15) is 11.5 Å². The van der Waals surface area contributed by atoms with Crippen LogP contribution in [0.2, 0.25) is 0 Å². The standard InChI is InChI=1S/C14H20BrN5/c1-6-16-13-10(15)11(14(2,3)4)18-12(19-13)9-7-8-17-20(9)5/h7-8H,6H2,1-5H3,(H,16,18,19). The first-order chi connectivity index (χ1) is 9.34. The number of halogens is 1. The van der Waals surface area contributed by atoms with Crippen molar-refractivity contribution in [2.24, 2.45) is 7.05 Å². The van der Waals surface area contributed by atoms with Crippen molar-refractivity contribution in [3.05, 3.63) is 22.4 Å². The minimum atomic E-state index is -0.0702. The van der Waals surface area contributed by atoms with E-state index in [1.165, 1.54) is 0 Å². The van der Waals surface area contributed by atoms with Crippen molar-refractivity contribution >= 4 is 21.7 Å². The second-order valence-corrected chi connectivity index (χ2v) is 6.47. The van der Waals surface area contributed by atoms with E-state index in [4.69, 9.17) is 4.98 Å². The van der Waals surface area contributed by atoms with Crippen LogP contribution in [0.1, 0.15) is 33.4 Å². The van der Waals surface area contributed by atoms with Gasteiger partial charge >= 0.3 is 0 Å². The first kappa shape index (κ1) is 15.0. The second kappa shape index (κ2) is 5.52. The summed E-state index contributed by atoms with van der Waals surface area (Å²) in [5.41, 5.74) is 1.82. The number of aryl methyl sites for hydroxylation is 1. The van der Waals surface area contributed by atoms with Gasteiger partial charge in [-0.15, -0.1) is 0 Å². The molecule has 20 heavy (non-hydrogen) atoms. The van der Waals surface area contributed by atoms with Crippen molar-refractivity contribution in [2.75, 3.05) is 11.9 Å². The predicted molar refractivity (Wildman–Crippen MR) is 84.8 cm³/mol. The summed E-state index contributed by atoms with van der Waals surface area (Å²) >= 11 is 3.62. The van der Waals surface area contributed by atoms with E-state index in [1.54, 1.807) is 10.9 Å². The molecule has 0 unspecified atom stereocenters. The number of anilines is 1. The maximum atomic E-state index is 4.73. The normalized spacial score (nSPS) is 11.7. The number of hydrogen-bond donors (Lipinski definition) is 1. The average molecular weight is 338 g/mol. The van der Waals surface area contributed by atoms with Crippen LogP contribution in [0.5, 0.6) is 0 Å². The summed E-state index contributed by atoms with van der Waals surface area (Å²) in [6, 6.07) is 1.92. The highest BCUT2D eigenvalue weighted by Crippen LogP contribution is 2.34. The van der Waals surface area contributed by atoms with Gasteiger partial charge < -0.3 is 5.32 Å². The molecule has 0 aliphatic rings. The monoisotopic (exact) mass is 337 g/mol. The fraction of sp³-hybridized carbons (Fsp3) is 0.500. The zero-order valence-electron chi connectivity index (χ0n) is 12.5. The summed E-state index contributed by atoms with van der Waals surface area (Å²) in [5.74, 6) is 1.51. The lowest BCUT2D eigenvalue weighted by Crippen LogP contribution is -2.18. The van der Waals surface area contributed by atoms with E-state index < -0.39 is 0 Å². The molecule has 0 radical (unpaired) electrons. The molecule has 0 fully saturated rings. The lowest BCUT2D eigenvalue weighted by molar-refractivity contribution is 0.564. The molecule has 0 bridgehead atoms. The highest BCUT2D eigenvalue weighted by atomic mass is 79.9. The van der Waals surface area contributed by atoms with Crippen LogP contribution in [-0.2, 0) is 12.5 Å². The molecule has 0 atom stereocenters. The van der Waals surface area contributed by atoms with Crippen LogP contribution < -0.4 is 5.32 Å². The Morgan fingerprint density at radius 2 is 2.00 bits per heavy atom. The molecule has 108 valence electrons. The number of nitrogens with one attached hydrogen (secondary N) is 1. The minimum absolute atomic E-state index is 0.0702. The molecule has 0 aromatic carbocycles. The van der Waals surface area contributed by atoms with E-state index in [0.717, 1.165) is 28.2 Å². The van der Waals surface area contributed by atoms with E-state index in [9.17, 15) is 0 Å². The Morgan fingerprint density at radius 3 is 2.50 bits per heavy atom. The number of rotatable bonds is 3. The molecule has 0 aliphatic carbocycles. The molecule has 2 rings (SSSR count). The molecule has 0 amide bonds. The minimum Gasteiger partial charge on any atom is -0.369 e. The molecule has 6 heteroatoms. The smallest absolute Gasteiger partial charge is 0.180 e. The third-order valence-electron chi connectivity index (χ3n) is 2.96. The van der Waals surface area contributed by atoms with Crippen LogP contribution in [0.4, 0.5) is 5.82 Å². The Bertz CT molecular complexity index is 613. The molecule has 2 aromatic heterocycles. The maximum absolute atomic E-state index is 4.73. The Kier molecular flexibility index (Phi) is 4.13. The maximum Gasteiger partial charge on any atom is 0.180 e. The van der Waals surface area contributed by atoms with Crippen LogP contribution in [0.3, 0.4) is 0 Å². The Hall–Kier alpha value is -1.43. The fourth-order valence-electron chi connectivity index (χ4n) is 1.94. The van der Waals surface area contributed by atoms with Gasteiger partial charge in [0.25, 0.3) is 0 Å². The molecule has 0 saturated heterocycles. The summed E-state index contributed by atoms with van der Waals surface area (Å²) in [5, 5.41) is 7.47. The van der Waals surface area contributed by atoms with E-state index in [1.807, 2.05) is 13.1 Å². The molecule has 2 aromatic rings. The molecule has 5 nitrogen and oxygen atoms in total. The largest absolute Gasteiger partial charge is 0.369 e. The van der Waals surface area contributed by atoms with Crippen LogP contribution in [-0.4, -0.2) is 26.3 Å². The molecule has 0 spiro atoms. The lowest BCUT2D eigenvalue weighted by atomic mass is 9.92. The quantitative estimate of drug-likeness (QED) is 0.932. The van der Waals surface area contributed by atoms with Gasteiger partial charge in [-0.1, -0.05) is 20.8 Å². The van der Waals surface area contributed by atoms with E-state index in [2.05, 4.69) is 59.0 Å². The highest BCUT2D eigenvalue weighted by molar-refractivity contribution is 9.10. The lowest BCUT2D eigenvalue weighted by Gasteiger charge is -2.22. The molecular weight excluding hydrogens is 318 g/mol. The van der Waals surface area contributed by atoms with Crippen LogP contribution in [0, 0.1) is 0 Å². The van der Waals surface area contributed by atoms with Crippen LogP contribution in [0.25, 0.3) is 11.5 Å². The third-order valence-corrected chi connectivity index (χ3v) is 3.71. The van der Waals surface area contributed by atoms with Crippen molar-refractivity contribution < 1.29 is 0 Å². The van der Waals surface area contributed by atoms with Crippen molar-refractivity contribution in [1.29, 1.82) is 0 Å². The van der Waals surface area contributed by atoms with Crippen molar-refractivity contribution in [2.45, 2.75) is 33.1 Å². The van der Waals surface area contributed by atoms with Gasteiger partial charge in [-0.25, -0.2) is 9.97 Å². The summed E-state index contributed by atoms with van der Waals surface area (Å²) in [6.45, 7) is 9.29. The van der Waals surface area contributed by atoms with Crippen molar-refractivity contribution in [3.8, 4) is 11.5 Å². The molecule has 0 saturated carbocycles. The van der Waals surface area contributed by atoms with E-state index >= 15 is 0 Å². The second-order valence-electron chi connectivity index (χ2n) is 5.68. The average Bonchev–Trinajstić information content (AvgIpc) is 2.77. The molecule has 0 aliphatic heterocycles. The highest BCUT2D eigenvalue weighted by Gasteiger charge is 2.24. The van der Waals surface area contributed by atoms with Crippen LogP contribution in [0.15, 0.2) is 16.7 Å². The van der Waals surface area contributed by atoms with Crippen LogP contribution >= 0.6 is 15.9 Å². The SMILES string of the molecule is CCNc1nc(-c2ccnn2C)nc(C(C)(C)C)c1Br. The van der Waals surface area contributed by atoms with Gasteiger partial charge in [0.05, 0.1) is 10.2 Å². The number of nitrogens with zero attached hydrogens (tertiary/aromatic N) is 4. The summed E-state index contributed by atoms with van der Waals surface area (Å²) in [6.07, 6.45) is 1.75. The van der Waals surface area contributed by atoms with E-state index in [0.29, 0.717) is 5.82 Å². The number of hydrogen-bond acceptors (Lipinski definition) is 4. The van der Waals surface area contributed by atoms with Crippen molar-refractivity contribution in [1.82, 2.24) is 19.7 Å². The first-order valence-electron chi connectivity index (χ1n) is 6.65. The molecule has 1 N–H and O–H groups in total. The molecular formula is C14H20BrN5. The van der Waals surface area contributed by atoms with Gasteiger partial charge in [-0.2, -0.15) is 5.10 Å². The summed E-state index contributed by atoms with van der Waals surface area (Å²) < 4.78 is 2.71. The predicted octanol–water partition coefficient (Wildman–Crippen LogP) is 3.37. The van der Waals surface area contributed by atoms with E-state index in [-0.39, 0.29) is 5.41 Å². The summed E-state index contributed by atoms with van der Waals surface area (Å²) in [7, 11) is 1.89. The van der Waals surface area contributed by atoms with Crippen molar-refractivity contribution in [3.63, 3.8) is 0 Å². The Morgan fingerprint density at radius 1 is 1.30 bits per heavy atom. The zero-order chi connectivity index (χ0) is 14.9. The van der Waals surface area contributed by atoms with Gasteiger partial charge in [-0.05, 0) is 28.9 Å². The fourth-order valence-corrected chi connectivity index (χ4v) is 2.85. The zero-order valence-corrected chi connectivity index (χ0v) is 14.1. The summed E-state index contributed by atoms with van der Waals surface area (Å²) in [4.78, 5) is 9.34.